The maximum Gasteiger partial charge on any atom is 0.0931 e. The number of nitrogens with one attached hydrogen (secondary N) is 1. The van der Waals surface area contributed by atoms with E-state index >= 15 is 0 Å². The summed E-state index contributed by atoms with van der Waals surface area (Å²) in [6, 6.07) is 4.82. The molecule has 0 bridgehead atoms. The van der Waals surface area contributed by atoms with Crippen LogP contribution in [0.2, 0.25) is 4.34 Å². The van der Waals surface area contributed by atoms with Crippen molar-refractivity contribution in [3.05, 3.63) is 38.8 Å². The van der Waals surface area contributed by atoms with Crippen LogP contribution in [0.5, 0.6) is 0 Å². The zero-order valence-electron chi connectivity index (χ0n) is 11.2. The third-order valence-electron chi connectivity index (χ3n) is 3.85. The molecule has 1 N–H and O–H groups in total. The number of aromatic nitrogens is 2. The van der Waals surface area contributed by atoms with Crippen molar-refractivity contribution in [3.8, 4) is 0 Å². The molecule has 0 aliphatic heterocycles. The largest absolute Gasteiger partial charge is 0.302 e. The van der Waals surface area contributed by atoms with Crippen LogP contribution in [0.4, 0.5) is 0 Å². The molecule has 102 valence electrons. The molecule has 2 aromatic rings. The van der Waals surface area contributed by atoms with Crippen molar-refractivity contribution in [3.63, 3.8) is 0 Å². The van der Waals surface area contributed by atoms with Crippen LogP contribution in [0.3, 0.4) is 0 Å². The van der Waals surface area contributed by atoms with E-state index in [-0.39, 0.29) is 0 Å². The Balaban J connectivity index is 1.77. The van der Waals surface area contributed by atoms with Crippen LogP contribution < -0.4 is 5.32 Å². The second-order valence-corrected chi connectivity index (χ2v) is 6.89. The number of nitrogens with zero attached hydrogens (tertiary/aromatic N) is 2. The summed E-state index contributed by atoms with van der Waals surface area (Å²) >= 11 is 7.66. The topological polar surface area (TPSA) is 29.9 Å². The van der Waals surface area contributed by atoms with E-state index in [1.165, 1.54) is 29.0 Å². The molecule has 0 spiro atoms. The average molecular weight is 296 g/mol. The van der Waals surface area contributed by atoms with Crippen LogP contribution in [0.25, 0.3) is 0 Å². The maximum absolute atomic E-state index is 6.01. The summed E-state index contributed by atoms with van der Waals surface area (Å²) in [6.07, 6.45) is 5.56. The zero-order valence-corrected chi connectivity index (χ0v) is 12.8. The molecule has 3 nitrogen and oxygen atoms in total. The average Bonchev–Trinajstić information content (AvgIpc) is 2.98. The third kappa shape index (κ3) is 2.57. The lowest BCUT2D eigenvalue weighted by Gasteiger charge is -2.26. The van der Waals surface area contributed by atoms with Crippen LogP contribution in [0, 0.1) is 0 Å². The van der Waals surface area contributed by atoms with Gasteiger partial charge in [0.25, 0.3) is 0 Å². The van der Waals surface area contributed by atoms with Crippen molar-refractivity contribution < 1.29 is 0 Å². The summed E-state index contributed by atoms with van der Waals surface area (Å²) in [5.74, 6) is 0. The molecule has 0 amide bonds. The quantitative estimate of drug-likeness (QED) is 0.932. The highest BCUT2D eigenvalue weighted by molar-refractivity contribution is 7.16. The monoisotopic (exact) mass is 295 g/mol. The summed E-state index contributed by atoms with van der Waals surface area (Å²) in [5.41, 5.74) is 2.74. The highest BCUT2D eigenvalue weighted by Crippen LogP contribution is 2.33. The summed E-state index contributed by atoms with van der Waals surface area (Å²) in [5, 5.41) is 8.11. The molecule has 0 fully saturated rings. The zero-order chi connectivity index (χ0) is 13.4. The molecule has 0 radical (unpaired) electrons. The van der Waals surface area contributed by atoms with E-state index in [2.05, 4.69) is 23.4 Å². The molecule has 0 saturated carbocycles. The molecular formula is C14H18ClN3S. The minimum Gasteiger partial charge on any atom is -0.302 e. The molecule has 5 heteroatoms. The van der Waals surface area contributed by atoms with Crippen LogP contribution >= 0.6 is 22.9 Å². The molecule has 0 aromatic carbocycles. The lowest BCUT2D eigenvalue weighted by atomic mass is 9.92. The van der Waals surface area contributed by atoms with Crippen molar-refractivity contribution in [1.29, 1.82) is 0 Å². The van der Waals surface area contributed by atoms with Gasteiger partial charge in [-0.15, -0.1) is 11.3 Å². The Labute approximate surface area is 122 Å². The molecule has 0 saturated heterocycles. The number of hydrogen-bond donors (Lipinski definition) is 1. The highest BCUT2D eigenvalue weighted by atomic mass is 35.5. The van der Waals surface area contributed by atoms with Crippen LogP contribution in [0.1, 0.15) is 48.0 Å². The van der Waals surface area contributed by atoms with Crippen molar-refractivity contribution in [2.75, 3.05) is 0 Å². The van der Waals surface area contributed by atoms with Gasteiger partial charge < -0.3 is 5.32 Å². The Morgan fingerprint density at radius 2 is 2.37 bits per heavy atom. The van der Waals surface area contributed by atoms with Crippen LogP contribution in [0.15, 0.2) is 18.3 Å². The van der Waals surface area contributed by atoms with E-state index in [0.29, 0.717) is 12.1 Å². The first kappa shape index (κ1) is 13.2. The fourth-order valence-electron chi connectivity index (χ4n) is 2.82. The molecule has 1 aliphatic carbocycles. The molecule has 2 atom stereocenters. The highest BCUT2D eigenvalue weighted by Gasteiger charge is 2.25. The number of hydrogen-bond acceptors (Lipinski definition) is 3. The third-order valence-corrected chi connectivity index (χ3v) is 5.26. The van der Waals surface area contributed by atoms with E-state index in [0.717, 1.165) is 10.8 Å². The lowest BCUT2D eigenvalue weighted by Crippen LogP contribution is -2.27. The van der Waals surface area contributed by atoms with Gasteiger partial charge in [-0.25, -0.2) is 0 Å². The Kier molecular flexibility index (Phi) is 3.65. The molecule has 1 aliphatic rings. The van der Waals surface area contributed by atoms with Gasteiger partial charge in [0, 0.05) is 35.3 Å². The second kappa shape index (κ2) is 5.27. The van der Waals surface area contributed by atoms with Gasteiger partial charge in [0.2, 0.25) is 0 Å². The van der Waals surface area contributed by atoms with Crippen molar-refractivity contribution in [2.24, 2.45) is 7.05 Å². The maximum atomic E-state index is 6.01. The van der Waals surface area contributed by atoms with Gasteiger partial charge in [-0.2, -0.15) is 5.10 Å². The van der Waals surface area contributed by atoms with Gasteiger partial charge in [0.15, 0.2) is 0 Å². The number of aryl methyl sites for hydroxylation is 1. The second-order valence-electron chi connectivity index (χ2n) is 5.15. The van der Waals surface area contributed by atoms with Crippen LogP contribution in [-0.4, -0.2) is 9.78 Å². The first-order chi connectivity index (χ1) is 9.15. The summed E-state index contributed by atoms with van der Waals surface area (Å²) in [6.45, 7) is 2.20. The molecule has 2 heterocycles. The first-order valence-corrected chi connectivity index (χ1v) is 7.86. The van der Waals surface area contributed by atoms with Crippen molar-refractivity contribution in [2.45, 2.75) is 38.3 Å². The smallest absolute Gasteiger partial charge is 0.0931 e. The molecule has 2 unspecified atom stereocenters. The van der Waals surface area contributed by atoms with E-state index < -0.39 is 0 Å². The Morgan fingerprint density at radius 3 is 3.11 bits per heavy atom. The normalized spacial score (nSPS) is 20.3. The molecule has 2 aromatic heterocycles. The van der Waals surface area contributed by atoms with Gasteiger partial charge in [-0.1, -0.05) is 11.6 Å². The SMILES string of the molecule is CC(NC1CCCc2c1cnn2C)c1ccc(Cl)s1. The minimum atomic E-state index is 0.327. The van der Waals surface area contributed by atoms with Gasteiger partial charge in [-0.3, -0.25) is 4.68 Å². The van der Waals surface area contributed by atoms with Crippen LogP contribution in [-0.2, 0) is 13.5 Å². The summed E-state index contributed by atoms with van der Waals surface area (Å²) < 4.78 is 2.87. The molecule has 3 rings (SSSR count). The van der Waals surface area contributed by atoms with Crippen molar-refractivity contribution in [1.82, 2.24) is 15.1 Å². The van der Waals surface area contributed by atoms with Gasteiger partial charge in [0.05, 0.1) is 10.5 Å². The summed E-state index contributed by atoms with van der Waals surface area (Å²) in [7, 11) is 2.03. The van der Waals surface area contributed by atoms with E-state index in [1.54, 1.807) is 11.3 Å². The predicted molar refractivity (Wildman–Crippen MR) is 79.8 cm³/mol. The van der Waals surface area contributed by atoms with Gasteiger partial charge >= 0.3 is 0 Å². The van der Waals surface area contributed by atoms with E-state index in [1.807, 2.05) is 24.0 Å². The molecule has 19 heavy (non-hydrogen) atoms. The molecular weight excluding hydrogens is 278 g/mol. The minimum absolute atomic E-state index is 0.327. The Hall–Kier alpha value is -0.840. The fraction of sp³-hybridized carbons (Fsp3) is 0.500. The van der Waals surface area contributed by atoms with E-state index in [9.17, 15) is 0 Å². The number of fused-ring (bicyclic) bond motifs is 1. The lowest BCUT2D eigenvalue weighted by molar-refractivity contribution is 0.414. The van der Waals surface area contributed by atoms with E-state index in [4.69, 9.17) is 11.6 Å². The first-order valence-electron chi connectivity index (χ1n) is 6.67. The van der Waals surface area contributed by atoms with Crippen molar-refractivity contribution >= 4 is 22.9 Å². The standard InChI is InChI=1S/C14H18ClN3S/c1-9(13-6-7-14(15)19-13)17-11-4-3-5-12-10(11)8-16-18(12)2/h6-9,11,17H,3-5H2,1-2H3. The van der Waals surface area contributed by atoms with Gasteiger partial charge in [-0.05, 0) is 38.3 Å². The van der Waals surface area contributed by atoms with Gasteiger partial charge in [0.1, 0.15) is 0 Å². The Morgan fingerprint density at radius 1 is 1.53 bits per heavy atom. The fourth-order valence-corrected chi connectivity index (χ4v) is 3.90. The predicted octanol–water partition coefficient (Wildman–Crippen LogP) is 3.86. The number of halogens is 1. The number of thiophene rings is 1. The number of rotatable bonds is 3. The summed E-state index contributed by atoms with van der Waals surface area (Å²) in [4.78, 5) is 1.29. The Bertz CT molecular complexity index is 575.